The van der Waals surface area contributed by atoms with E-state index in [1.54, 1.807) is 36.0 Å². The summed E-state index contributed by atoms with van der Waals surface area (Å²) >= 11 is 1.55. The van der Waals surface area contributed by atoms with E-state index in [0.717, 1.165) is 43.6 Å². The largest absolute Gasteiger partial charge is 0.573 e. The molecule has 0 aliphatic rings. The van der Waals surface area contributed by atoms with E-state index in [2.05, 4.69) is 68.8 Å². The second-order valence-electron chi connectivity index (χ2n) is 10.1. The Labute approximate surface area is 243 Å². The molecule has 0 spiro atoms. The molecule has 0 aliphatic carbocycles. The van der Waals surface area contributed by atoms with E-state index in [-0.39, 0.29) is 5.75 Å². The summed E-state index contributed by atoms with van der Waals surface area (Å²) in [6.45, 7) is 6.43. The first-order valence-corrected chi connectivity index (χ1v) is 14.2. The molecule has 0 N–H and O–H groups in total. The normalized spacial score (nSPS) is 12.8. The fraction of sp³-hybridized carbons (Fsp3) is 0.156. The molecule has 0 bridgehead atoms. The number of alkyl halides is 3. The number of aryl methyl sites for hydroxylation is 1. The number of imidazole rings is 1. The van der Waals surface area contributed by atoms with E-state index in [0.29, 0.717) is 11.6 Å². The van der Waals surface area contributed by atoms with Crippen LogP contribution in [0.3, 0.4) is 0 Å². The highest BCUT2D eigenvalue weighted by atomic mass is 32.1. The maximum absolute atomic E-state index is 12.5. The molecule has 42 heavy (non-hydrogen) atoms. The van der Waals surface area contributed by atoms with Gasteiger partial charge >= 0.3 is 6.36 Å². The Balaban J connectivity index is 1.29. The molecule has 0 radical (unpaired) electrons. The number of hydrogen-bond acceptors (Lipinski definition) is 5. The van der Waals surface area contributed by atoms with Gasteiger partial charge in [0.15, 0.2) is 0 Å². The molecule has 0 saturated carbocycles. The first-order chi connectivity index (χ1) is 20.2. The number of ether oxygens (including phenoxy) is 1. The summed E-state index contributed by atoms with van der Waals surface area (Å²) in [4.78, 5) is 5.39. The average Bonchev–Trinajstić information content (AvgIpc) is 3.56. The van der Waals surface area contributed by atoms with Gasteiger partial charge in [-0.1, -0.05) is 50.2 Å². The standard InChI is InChI=1S/C32H26F3N5OS/c1-20(2)26-6-4-5-7-28(26)40-21(3)18-42-31(40)38-37-17-22-8-14-27-23(16-22)9-15-29-30(27)36-19-39(29)24-10-12-25(13-11-24)41-32(33,34)35/h4-20H,1-3H3/b37-17-,38-31-. The van der Waals surface area contributed by atoms with Crippen LogP contribution in [0.1, 0.15) is 36.6 Å². The summed E-state index contributed by atoms with van der Waals surface area (Å²) in [7, 11) is 0. The van der Waals surface area contributed by atoms with Gasteiger partial charge in [-0.05, 0) is 71.8 Å². The fourth-order valence-electron chi connectivity index (χ4n) is 5.00. The van der Waals surface area contributed by atoms with Gasteiger partial charge in [0.05, 0.1) is 22.9 Å². The Bertz CT molecular complexity index is 2000. The number of nitrogens with zero attached hydrogens (tertiary/aromatic N) is 5. The highest BCUT2D eigenvalue weighted by Crippen LogP contribution is 2.29. The van der Waals surface area contributed by atoms with Gasteiger partial charge in [-0.15, -0.1) is 29.6 Å². The van der Waals surface area contributed by atoms with Crippen LogP contribution < -0.4 is 9.54 Å². The van der Waals surface area contributed by atoms with Crippen LogP contribution in [0.2, 0.25) is 0 Å². The lowest BCUT2D eigenvalue weighted by Gasteiger charge is -2.14. The summed E-state index contributed by atoms with van der Waals surface area (Å²) in [6, 6.07) is 24.0. The molecule has 2 heterocycles. The quantitative estimate of drug-likeness (QED) is 0.146. The SMILES string of the molecule is Cc1cs/c(=N\N=C/c2ccc3c(ccc4c3ncn4-c3ccc(OC(F)(F)F)cc3)c2)n1-c1ccccc1C(C)C. The van der Waals surface area contributed by atoms with Gasteiger partial charge in [0, 0.05) is 22.1 Å². The molecule has 0 saturated heterocycles. The zero-order valence-corrected chi connectivity index (χ0v) is 23.8. The molecule has 0 atom stereocenters. The van der Waals surface area contributed by atoms with Crippen molar-refractivity contribution in [2.45, 2.75) is 33.1 Å². The Morgan fingerprint density at radius 3 is 2.52 bits per heavy atom. The van der Waals surface area contributed by atoms with Gasteiger partial charge in [0.2, 0.25) is 4.80 Å². The summed E-state index contributed by atoms with van der Waals surface area (Å²) in [5.41, 5.74) is 6.65. The highest BCUT2D eigenvalue weighted by Gasteiger charge is 2.31. The number of para-hydroxylation sites is 1. The summed E-state index contributed by atoms with van der Waals surface area (Å²) in [6.07, 6.45) is -1.33. The average molecular weight is 586 g/mol. The molecule has 0 amide bonds. The van der Waals surface area contributed by atoms with Crippen molar-refractivity contribution in [1.29, 1.82) is 0 Å². The Morgan fingerprint density at radius 1 is 0.976 bits per heavy atom. The predicted octanol–water partition coefficient (Wildman–Crippen LogP) is 8.30. The smallest absolute Gasteiger partial charge is 0.406 e. The van der Waals surface area contributed by atoms with Crippen molar-refractivity contribution in [3.8, 4) is 17.1 Å². The van der Waals surface area contributed by atoms with Crippen LogP contribution in [0, 0.1) is 6.92 Å². The first-order valence-electron chi connectivity index (χ1n) is 13.3. The number of hydrogen-bond donors (Lipinski definition) is 0. The topological polar surface area (TPSA) is 56.7 Å². The molecular formula is C32H26F3N5OS. The minimum atomic E-state index is -4.73. The third kappa shape index (κ3) is 5.45. The molecule has 6 rings (SSSR count). The maximum atomic E-state index is 12.5. The van der Waals surface area contributed by atoms with E-state index >= 15 is 0 Å². The van der Waals surface area contributed by atoms with Gasteiger partial charge in [-0.3, -0.25) is 9.13 Å². The van der Waals surface area contributed by atoms with Gasteiger partial charge in [0.25, 0.3) is 0 Å². The Kier molecular flexibility index (Phi) is 7.16. The number of benzene rings is 4. The van der Waals surface area contributed by atoms with E-state index < -0.39 is 6.36 Å². The second-order valence-corrected chi connectivity index (χ2v) is 11.0. The zero-order valence-electron chi connectivity index (χ0n) is 23.0. The van der Waals surface area contributed by atoms with E-state index in [1.807, 2.05) is 41.0 Å². The summed E-state index contributed by atoms with van der Waals surface area (Å²) in [5.74, 6) is 0.102. The molecule has 0 aliphatic heterocycles. The third-order valence-corrected chi connectivity index (χ3v) is 7.87. The van der Waals surface area contributed by atoms with Crippen LogP contribution in [0.15, 0.2) is 101 Å². The van der Waals surface area contributed by atoms with Crippen LogP contribution in [0.5, 0.6) is 5.75 Å². The van der Waals surface area contributed by atoms with Gasteiger partial charge in [0.1, 0.15) is 12.1 Å². The molecule has 0 unspecified atom stereocenters. The maximum Gasteiger partial charge on any atom is 0.573 e. The fourth-order valence-corrected chi connectivity index (χ4v) is 5.83. The van der Waals surface area contributed by atoms with Crippen LogP contribution in [0.25, 0.3) is 33.2 Å². The van der Waals surface area contributed by atoms with Crippen molar-refractivity contribution in [3.05, 3.63) is 112 Å². The lowest BCUT2D eigenvalue weighted by atomic mass is 10.0. The third-order valence-electron chi connectivity index (χ3n) is 6.93. The van der Waals surface area contributed by atoms with Crippen molar-refractivity contribution in [3.63, 3.8) is 0 Å². The number of rotatable bonds is 6. The van der Waals surface area contributed by atoms with Crippen LogP contribution >= 0.6 is 11.3 Å². The van der Waals surface area contributed by atoms with E-state index in [1.165, 1.54) is 17.7 Å². The molecule has 10 heteroatoms. The predicted molar refractivity (Wildman–Crippen MR) is 161 cm³/mol. The Morgan fingerprint density at radius 2 is 1.76 bits per heavy atom. The van der Waals surface area contributed by atoms with Crippen molar-refractivity contribution < 1.29 is 17.9 Å². The van der Waals surface area contributed by atoms with Gasteiger partial charge < -0.3 is 4.74 Å². The molecule has 0 fully saturated rings. The van der Waals surface area contributed by atoms with Crippen LogP contribution in [0.4, 0.5) is 13.2 Å². The summed E-state index contributed by atoms with van der Waals surface area (Å²) < 4.78 is 45.5. The zero-order chi connectivity index (χ0) is 29.4. The molecule has 212 valence electrons. The number of fused-ring (bicyclic) bond motifs is 3. The molecule has 2 aromatic heterocycles. The van der Waals surface area contributed by atoms with Crippen molar-refractivity contribution in [1.82, 2.24) is 14.1 Å². The van der Waals surface area contributed by atoms with Crippen LogP contribution in [-0.4, -0.2) is 26.7 Å². The van der Waals surface area contributed by atoms with Crippen molar-refractivity contribution in [2.75, 3.05) is 0 Å². The van der Waals surface area contributed by atoms with E-state index in [9.17, 15) is 13.2 Å². The monoisotopic (exact) mass is 585 g/mol. The summed E-state index contributed by atoms with van der Waals surface area (Å²) in [5, 5.41) is 13.0. The van der Waals surface area contributed by atoms with Crippen LogP contribution in [-0.2, 0) is 0 Å². The molecular weight excluding hydrogens is 559 g/mol. The first kappa shape index (κ1) is 27.5. The second kappa shape index (κ2) is 10.9. The van der Waals surface area contributed by atoms with Gasteiger partial charge in [-0.25, -0.2) is 4.98 Å². The number of aromatic nitrogens is 3. The molecule has 6 nitrogen and oxygen atoms in total. The van der Waals surface area contributed by atoms with E-state index in [4.69, 9.17) is 0 Å². The lowest BCUT2D eigenvalue weighted by molar-refractivity contribution is -0.274. The number of halogens is 3. The minimum Gasteiger partial charge on any atom is -0.406 e. The van der Waals surface area contributed by atoms with Crippen molar-refractivity contribution in [2.24, 2.45) is 10.2 Å². The molecule has 6 aromatic rings. The number of thiazole rings is 1. The Hall–Kier alpha value is -4.70. The lowest BCUT2D eigenvalue weighted by Crippen LogP contribution is -2.17. The highest BCUT2D eigenvalue weighted by molar-refractivity contribution is 7.07. The van der Waals surface area contributed by atoms with Crippen molar-refractivity contribution >= 4 is 39.4 Å². The molecule has 4 aromatic carbocycles. The van der Waals surface area contributed by atoms with Gasteiger partial charge in [-0.2, -0.15) is 5.10 Å². The minimum absolute atomic E-state index is 0.272.